The molecule has 2 unspecified atom stereocenters. The molecule has 29 heavy (non-hydrogen) atoms. The van der Waals surface area contributed by atoms with Gasteiger partial charge in [0.15, 0.2) is 6.10 Å². The Kier molecular flexibility index (Phi) is 4.33. The van der Waals surface area contributed by atoms with Crippen LogP contribution in [0, 0.1) is 0 Å². The van der Waals surface area contributed by atoms with Crippen LogP contribution in [0.1, 0.15) is 0 Å². The maximum atomic E-state index is 12.2. The summed E-state index contributed by atoms with van der Waals surface area (Å²) in [5.41, 5.74) is 2.36. The number of amides is 2. The minimum Gasteiger partial charge on any atom is -0.489 e. The van der Waals surface area contributed by atoms with Gasteiger partial charge in [-0.3, -0.25) is 14.6 Å². The SMILES string of the molecule is O=C1COCCN1c1ccc(-c2ccc3c(c2)OCC2C(CO)OC(=O)N32)cn1. The molecule has 3 aliphatic rings. The third-order valence-corrected chi connectivity index (χ3v) is 5.36. The Labute approximate surface area is 166 Å². The number of carbonyl (C=O) groups excluding carboxylic acids is 2. The first-order valence-electron chi connectivity index (χ1n) is 9.38. The molecule has 0 bridgehead atoms. The second kappa shape index (κ2) is 7.02. The highest BCUT2D eigenvalue weighted by Crippen LogP contribution is 2.41. The van der Waals surface area contributed by atoms with Crippen LogP contribution < -0.4 is 14.5 Å². The molecule has 2 fully saturated rings. The second-order valence-electron chi connectivity index (χ2n) is 7.04. The summed E-state index contributed by atoms with van der Waals surface area (Å²) >= 11 is 0. The number of aromatic nitrogens is 1. The molecule has 0 radical (unpaired) electrons. The van der Waals surface area contributed by atoms with Crippen molar-refractivity contribution in [1.29, 1.82) is 0 Å². The van der Waals surface area contributed by atoms with Crippen molar-refractivity contribution in [3.8, 4) is 16.9 Å². The molecular formula is C20H19N3O6. The molecule has 2 saturated heterocycles. The number of anilines is 2. The first-order valence-corrected chi connectivity index (χ1v) is 9.38. The number of cyclic esters (lactones) is 1. The molecule has 1 aromatic carbocycles. The average Bonchev–Trinajstić information content (AvgIpc) is 3.10. The molecule has 5 rings (SSSR count). The van der Waals surface area contributed by atoms with Crippen molar-refractivity contribution >= 4 is 23.5 Å². The average molecular weight is 397 g/mol. The monoisotopic (exact) mass is 397 g/mol. The maximum absolute atomic E-state index is 12.2. The van der Waals surface area contributed by atoms with E-state index >= 15 is 0 Å². The molecule has 1 N–H and O–H groups in total. The highest BCUT2D eigenvalue weighted by molar-refractivity contribution is 5.95. The minimum atomic E-state index is -0.588. The van der Waals surface area contributed by atoms with Gasteiger partial charge >= 0.3 is 6.09 Å². The number of morpholine rings is 1. The smallest absolute Gasteiger partial charge is 0.415 e. The molecular weight excluding hydrogens is 378 g/mol. The van der Waals surface area contributed by atoms with E-state index in [1.165, 1.54) is 4.90 Å². The molecule has 2 aromatic rings. The van der Waals surface area contributed by atoms with Crippen molar-refractivity contribution in [3.63, 3.8) is 0 Å². The summed E-state index contributed by atoms with van der Waals surface area (Å²) in [7, 11) is 0. The maximum Gasteiger partial charge on any atom is 0.415 e. The highest BCUT2D eigenvalue weighted by Gasteiger charge is 2.46. The van der Waals surface area contributed by atoms with Gasteiger partial charge < -0.3 is 19.3 Å². The van der Waals surface area contributed by atoms with Crippen molar-refractivity contribution in [2.75, 3.05) is 42.8 Å². The lowest BCUT2D eigenvalue weighted by Crippen LogP contribution is -2.45. The Morgan fingerprint density at radius 2 is 2.03 bits per heavy atom. The summed E-state index contributed by atoms with van der Waals surface area (Å²) in [5, 5.41) is 9.40. The summed E-state index contributed by atoms with van der Waals surface area (Å²) in [4.78, 5) is 31.7. The van der Waals surface area contributed by atoms with Crippen LogP contribution in [0.4, 0.5) is 16.3 Å². The molecule has 150 valence electrons. The number of hydrogen-bond donors (Lipinski definition) is 1. The number of hydrogen-bond acceptors (Lipinski definition) is 7. The third kappa shape index (κ3) is 2.99. The van der Waals surface area contributed by atoms with Crippen LogP contribution in [-0.2, 0) is 14.3 Å². The fourth-order valence-electron chi connectivity index (χ4n) is 3.84. The predicted molar refractivity (Wildman–Crippen MR) is 102 cm³/mol. The number of fused-ring (bicyclic) bond motifs is 3. The summed E-state index contributed by atoms with van der Waals surface area (Å²) in [6.45, 7) is 1.06. The number of aliphatic hydroxyl groups excluding tert-OH is 1. The number of aliphatic hydroxyl groups is 1. The fraction of sp³-hybridized carbons (Fsp3) is 0.350. The molecule has 0 aliphatic carbocycles. The summed E-state index contributed by atoms with van der Waals surface area (Å²) in [6.07, 6.45) is 0.639. The number of ether oxygens (including phenoxy) is 3. The van der Waals surface area contributed by atoms with Crippen molar-refractivity contribution in [2.24, 2.45) is 0 Å². The van der Waals surface area contributed by atoms with Crippen molar-refractivity contribution in [2.45, 2.75) is 12.1 Å². The Hall–Kier alpha value is -3.17. The van der Waals surface area contributed by atoms with Crippen molar-refractivity contribution in [3.05, 3.63) is 36.5 Å². The number of carbonyl (C=O) groups is 2. The van der Waals surface area contributed by atoms with Gasteiger partial charge in [-0.1, -0.05) is 6.07 Å². The van der Waals surface area contributed by atoms with E-state index in [1.807, 2.05) is 18.2 Å². The van der Waals surface area contributed by atoms with Gasteiger partial charge in [0.25, 0.3) is 5.91 Å². The zero-order valence-electron chi connectivity index (χ0n) is 15.5. The summed E-state index contributed by atoms with van der Waals surface area (Å²) in [5.74, 6) is 1.06. The molecule has 4 heterocycles. The standard InChI is InChI=1S/C20H19N3O6/c24-9-17-15-10-28-16-7-12(1-3-14(16)23(15)20(26)29-17)13-2-4-18(21-8-13)22-5-6-27-11-19(22)25/h1-4,7-8,15,17,24H,5-6,9-11H2. The summed E-state index contributed by atoms with van der Waals surface area (Å²) < 4.78 is 16.2. The topological polar surface area (TPSA) is 101 Å². The largest absolute Gasteiger partial charge is 0.489 e. The predicted octanol–water partition coefficient (Wildman–Crippen LogP) is 1.19. The molecule has 2 amide bonds. The zero-order chi connectivity index (χ0) is 20.0. The van der Waals surface area contributed by atoms with Gasteiger partial charge in [0.1, 0.15) is 30.8 Å². The minimum absolute atomic E-state index is 0.0721. The lowest BCUT2D eigenvalue weighted by atomic mass is 10.0. The van der Waals surface area contributed by atoms with Gasteiger partial charge in [-0.05, 0) is 29.8 Å². The van der Waals surface area contributed by atoms with Gasteiger partial charge in [-0.2, -0.15) is 0 Å². The first kappa shape index (κ1) is 17.9. The summed E-state index contributed by atoms with van der Waals surface area (Å²) in [6, 6.07) is 8.89. The fourth-order valence-corrected chi connectivity index (χ4v) is 3.84. The van der Waals surface area contributed by atoms with E-state index in [-0.39, 0.29) is 31.8 Å². The molecule has 9 heteroatoms. The van der Waals surface area contributed by atoms with Crippen LogP contribution in [0.5, 0.6) is 5.75 Å². The van der Waals surface area contributed by atoms with E-state index < -0.39 is 12.2 Å². The highest BCUT2D eigenvalue weighted by atomic mass is 16.6. The van der Waals surface area contributed by atoms with E-state index in [0.717, 1.165) is 11.1 Å². The van der Waals surface area contributed by atoms with E-state index in [2.05, 4.69) is 4.98 Å². The Balaban J connectivity index is 1.41. The molecule has 1 aromatic heterocycles. The lowest BCUT2D eigenvalue weighted by Gasteiger charge is -2.31. The van der Waals surface area contributed by atoms with Crippen LogP contribution in [-0.4, -0.2) is 67.2 Å². The Morgan fingerprint density at radius 3 is 2.79 bits per heavy atom. The van der Waals surface area contributed by atoms with Gasteiger partial charge in [0.05, 0.1) is 25.4 Å². The molecule has 3 aliphatic heterocycles. The Bertz CT molecular complexity index is 963. The van der Waals surface area contributed by atoms with Gasteiger partial charge in [-0.15, -0.1) is 0 Å². The number of rotatable bonds is 3. The van der Waals surface area contributed by atoms with E-state index in [9.17, 15) is 14.7 Å². The van der Waals surface area contributed by atoms with Crippen LogP contribution in [0.15, 0.2) is 36.5 Å². The van der Waals surface area contributed by atoms with Gasteiger partial charge in [0, 0.05) is 11.8 Å². The van der Waals surface area contributed by atoms with Crippen LogP contribution >= 0.6 is 0 Å². The lowest BCUT2D eigenvalue weighted by molar-refractivity contribution is -0.125. The van der Waals surface area contributed by atoms with Crippen molar-refractivity contribution in [1.82, 2.24) is 4.98 Å². The van der Waals surface area contributed by atoms with E-state index in [4.69, 9.17) is 14.2 Å². The van der Waals surface area contributed by atoms with Crippen LogP contribution in [0.25, 0.3) is 11.1 Å². The normalized spacial score (nSPS) is 23.3. The zero-order valence-corrected chi connectivity index (χ0v) is 15.5. The number of benzene rings is 1. The van der Waals surface area contributed by atoms with E-state index in [0.29, 0.717) is 30.4 Å². The molecule has 2 atom stereocenters. The van der Waals surface area contributed by atoms with Crippen LogP contribution in [0.2, 0.25) is 0 Å². The first-order chi connectivity index (χ1) is 14.2. The molecule has 9 nitrogen and oxygen atoms in total. The van der Waals surface area contributed by atoms with Gasteiger partial charge in [-0.25, -0.2) is 9.78 Å². The van der Waals surface area contributed by atoms with Crippen LogP contribution in [0.3, 0.4) is 0 Å². The second-order valence-corrected chi connectivity index (χ2v) is 7.04. The number of pyridine rings is 1. The van der Waals surface area contributed by atoms with E-state index in [1.54, 1.807) is 23.2 Å². The third-order valence-electron chi connectivity index (χ3n) is 5.36. The van der Waals surface area contributed by atoms with Crippen molar-refractivity contribution < 1.29 is 28.9 Å². The van der Waals surface area contributed by atoms with Gasteiger partial charge in [0.2, 0.25) is 0 Å². The molecule has 0 spiro atoms. The quantitative estimate of drug-likeness (QED) is 0.830. The number of nitrogens with zero attached hydrogens (tertiary/aromatic N) is 3. The Morgan fingerprint density at radius 1 is 1.17 bits per heavy atom. The molecule has 0 saturated carbocycles.